The number of aromatic amines is 1. The topological polar surface area (TPSA) is 126 Å². The normalized spacial score (nSPS) is 12.4. The molecule has 0 spiro atoms. The van der Waals surface area contributed by atoms with Gasteiger partial charge in [0.05, 0.1) is 13.4 Å². The van der Waals surface area contributed by atoms with E-state index in [2.05, 4.69) is 34.4 Å². The molecule has 0 aliphatic rings. The van der Waals surface area contributed by atoms with Gasteiger partial charge in [-0.1, -0.05) is 86.6 Å². The van der Waals surface area contributed by atoms with Crippen LogP contribution in [0.2, 0.25) is 0 Å². The van der Waals surface area contributed by atoms with Crippen molar-refractivity contribution in [1.29, 1.82) is 0 Å². The first-order valence-corrected chi connectivity index (χ1v) is 14.8. The number of aromatic nitrogens is 2. The van der Waals surface area contributed by atoms with Gasteiger partial charge >= 0.3 is 6.09 Å². The van der Waals surface area contributed by atoms with Crippen molar-refractivity contribution in [2.45, 2.75) is 50.8 Å². The van der Waals surface area contributed by atoms with Crippen LogP contribution < -0.4 is 15.4 Å². The van der Waals surface area contributed by atoms with E-state index in [9.17, 15) is 14.4 Å². The van der Waals surface area contributed by atoms with Gasteiger partial charge in [0.25, 0.3) is 0 Å². The standard InChI is InChI=1S/C35H41N5O5/c1-35(2,27-13-9-6-10-14-27)23-37-32(41)31(19-25-15-17-29(44-4)18-16-25)40(3)33(42)30(20-28-21-36-24-38-28)39-34(43)45-22-26-11-7-5-8-12-26/h5-18,21,24,30-31H,19-20,22-23H2,1-4H3,(H,36,38)(H,37,41)(H,39,43)/t30-,31-/m0/s1. The summed E-state index contributed by atoms with van der Waals surface area (Å²) in [6.45, 7) is 4.52. The molecule has 3 amide bonds. The highest BCUT2D eigenvalue weighted by Crippen LogP contribution is 2.22. The number of alkyl carbamates (subject to hydrolysis) is 1. The van der Waals surface area contributed by atoms with E-state index < -0.39 is 24.1 Å². The Bertz CT molecular complexity index is 1510. The van der Waals surface area contributed by atoms with Crippen molar-refractivity contribution in [3.63, 3.8) is 0 Å². The molecule has 10 nitrogen and oxygen atoms in total. The van der Waals surface area contributed by atoms with Gasteiger partial charge in [0.2, 0.25) is 11.8 Å². The van der Waals surface area contributed by atoms with Gasteiger partial charge in [-0.05, 0) is 28.8 Å². The number of nitrogens with zero attached hydrogens (tertiary/aromatic N) is 2. The van der Waals surface area contributed by atoms with Crippen LogP contribution in [0.15, 0.2) is 97.5 Å². The largest absolute Gasteiger partial charge is 0.497 e. The molecule has 3 aromatic carbocycles. The summed E-state index contributed by atoms with van der Waals surface area (Å²) in [5.74, 6) is -0.0681. The van der Waals surface area contributed by atoms with Gasteiger partial charge in [0.15, 0.2) is 0 Å². The molecule has 0 saturated carbocycles. The summed E-state index contributed by atoms with van der Waals surface area (Å²) in [6, 6.07) is 24.7. The number of imidazole rings is 1. The van der Waals surface area contributed by atoms with Crippen LogP contribution >= 0.6 is 0 Å². The molecular weight excluding hydrogens is 570 g/mol. The third kappa shape index (κ3) is 9.43. The maximum atomic E-state index is 14.1. The second-order valence-electron chi connectivity index (χ2n) is 11.5. The summed E-state index contributed by atoms with van der Waals surface area (Å²) in [4.78, 5) is 49.2. The van der Waals surface area contributed by atoms with Gasteiger partial charge in [0.1, 0.15) is 24.4 Å². The highest BCUT2D eigenvalue weighted by Gasteiger charge is 2.34. The van der Waals surface area contributed by atoms with Crippen molar-refractivity contribution in [3.05, 3.63) is 120 Å². The number of benzene rings is 3. The molecule has 0 unspecified atom stereocenters. The zero-order valence-corrected chi connectivity index (χ0v) is 26.2. The highest BCUT2D eigenvalue weighted by atomic mass is 16.5. The van der Waals surface area contributed by atoms with Crippen LogP contribution in [-0.4, -0.2) is 65.6 Å². The Morgan fingerprint density at radius 1 is 0.911 bits per heavy atom. The zero-order valence-electron chi connectivity index (χ0n) is 26.2. The molecular formula is C35H41N5O5. The summed E-state index contributed by atoms with van der Waals surface area (Å²) in [6.07, 6.45) is 2.72. The molecule has 1 aromatic heterocycles. The first kappa shape index (κ1) is 32.8. The number of likely N-dealkylation sites (N-methyl/N-ethyl adjacent to an activating group) is 1. The number of amides is 3. The summed E-state index contributed by atoms with van der Waals surface area (Å²) < 4.78 is 10.7. The smallest absolute Gasteiger partial charge is 0.408 e. The number of rotatable bonds is 14. The Kier molecular flexibility index (Phi) is 11.3. The zero-order chi connectivity index (χ0) is 32.2. The first-order chi connectivity index (χ1) is 21.7. The fourth-order valence-corrected chi connectivity index (χ4v) is 4.93. The van der Waals surface area contributed by atoms with Crippen molar-refractivity contribution in [3.8, 4) is 5.75 Å². The van der Waals surface area contributed by atoms with Crippen LogP contribution in [0.3, 0.4) is 0 Å². The Labute approximate surface area is 264 Å². The van der Waals surface area contributed by atoms with E-state index in [0.717, 1.165) is 16.7 Å². The van der Waals surface area contributed by atoms with Gasteiger partial charge in [0, 0.05) is 43.7 Å². The minimum absolute atomic E-state index is 0.0488. The molecule has 3 N–H and O–H groups in total. The van der Waals surface area contributed by atoms with Crippen molar-refractivity contribution in [1.82, 2.24) is 25.5 Å². The molecule has 10 heteroatoms. The van der Waals surface area contributed by atoms with E-state index in [1.54, 1.807) is 20.4 Å². The van der Waals surface area contributed by atoms with Gasteiger partial charge in [-0.3, -0.25) is 9.59 Å². The Morgan fingerprint density at radius 2 is 1.58 bits per heavy atom. The molecule has 0 aliphatic heterocycles. The number of ether oxygens (including phenoxy) is 2. The molecule has 4 rings (SSSR count). The van der Waals surface area contributed by atoms with Crippen LogP contribution in [0.25, 0.3) is 0 Å². The van der Waals surface area contributed by atoms with Crippen LogP contribution in [0.4, 0.5) is 4.79 Å². The van der Waals surface area contributed by atoms with E-state index in [1.807, 2.05) is 84.9 Å². The predicted molar refractivity (Wildman–Crippen MR) is 172 cm³/mol. The molecule has 1 heterocycles. The molecule has 4 aromatic rings. The second kappa shape index (κ2) is 15.6. The lowest BCUT2D eigenvalue weighted by Gasteiger charge is -2.32. The van der Waals surface area contributed by atoms with Gasteiger partial charge in [-0.25, -0.2) is 9.78 Å². The quantitative estimate of drug-likeness (QED) is 0.194. The van der Waals surface area contributed by atoms with E-state index in [4.69, 9.17) is 9.47 Å². The fourth-order valence-electron chi connectivity index (χ4n) is 4.93. The molecule has 45 heavy (non-hydrogen) atoms. The van der Waals surface area contributed by atoms with Crippen LogP contribution in [0, 0.1) is 0 Å². The fraction of sp³-hybridized carbons (Fsp3) is 0.314. The third-order valence-corrected chi connectivity index (χ3v) is 7.75. The third-order valence-electron chi connectivity index (χ3n) is 7.75. The Hall–Kier alpha value is -5.12. The van der Waals surface area contributed by atoms with Crippen LogP contribution in [0.1, 0.15) is 36.2 Å². The first-order valence-electron chi connectivity index (χ1n) is 14.8. The number of H-pyrrole nitrogens is 1. The lowest BCUT2D eigenvalue weighted by molar-refractivity contribution is -0.140. The van der Waals surface area contributed by atoms with Crippen LogP contribution in [0.5, 0.6) is 5.75 Å². The summed E-state index contributed by atoms with van der Waals surface area (Å²) in [5, 5.41) is 5.79. The van der Waals surface area contributed by atoms with E-state index in [-0.39, 0.29) is 30.8 Å². The van der Waals surface area contributed by atoms with E-state index in [0.29, 0.717) is 18.0 Å². The molecule has 0 bridgehead atoms. The Balaban J connectivity index is 1.53. The summed E-state index contributed by atoms with van der Waals surface area (Å²) >= 11 is 0. The number of carbonyl (C=O) groups is 3. The predicted octanol–water partition coefficient (Wildman–Crippen LogP) is 4.42. The van der Waals surface area contributed by atoms with Crippen molar-refractivity contribution < 1.29 is 23.9 Å². The van der Waals surface area contributed by atoms with Crippen molar-refractivity contribution in [2.75, 3.05) is 20.7 Å². The minimum Gasteiger partial charge on any atom is -0.497 e. The molecule has 0 saturated heterocycles. The number of hydrogen-bond donors (Lipinski definition) is 3. The lowest BCUT2D eigenvalue weighted by atomic mass is 9.84. The maximum absolute atomic E-state index is 14.1. The monoisotopic (exact) mass is 611 g/mol. The number of nitrogens with one attached hydrogen (secondary N) is 3. The van der Waals surface area contributed by atoms with Crippen molar-refractivity contribution >= 4 is 17.9 Å². The second-order valence-corrected chi connectivity index (χ2v) is 11.5. The van der Waals surface area contributed by atoms with Gasteiger partial charge in [-0.15, -0.1) is 0 Å². The summed E-state index contributed by atoms with van der Waals surface area (Å²) in [7, 11) is 3.17. The molecule has 0 radical (unpaired) electrons. The number of carbonyl (C=O) groups excluding carboxylic acids is 3. The molecule has 2 atom stereocenters. The average Bonchev–Trinajstić information content (AvgIpc) is 3.58. The van der Waals surface area contributed by atoms with Gasteiger partial charge in [-0.2, -0.15) is 0 Å². The SMILES string of the molecule is COc1ccc(C[C@@H](C(=O)NCC(C)(C)c2ccccc2)N(C)C(=O)[C@H](Cc2cnc[nH]2)NC(=O)OCc2ccccc2)cc1. The average molecular weight is 612 g/mol. The van der Waals surface area contributed by atoms with Crippen molar-refractivity contribution in [2.24, 2.45) is 0 Å². The lowest BCUT2D eigenvalue weighted by Crippen LogP contribution is -2.56. The Morgan fingerprint density at radius 3 is 2.20 bits per heavy atom. The number of hydrogen-bond acceptors (Lipinski definition) is 6. The van der Waals surface area contributed by atoms with Gasteiger partial charge < -0.3 is 30.0 Å². The molecule has 0 aliphatic carbocycles. The number of methoxy groups -OCH3 is 1. The van der Waals surface area contributed by atoms with E-state index in [1.165, 1.54) is 11.2 Å². The summed E-state index contributed by atoms with van der Waals surface area (Å²) in [5.41, 5.74) is 3.04. The highest BCUT2D eigenvalue weighted by molar-refractivity contribution is 5.91. The molecule has 0 fully saturated rings. The van der Waals surface area contributed by atoms with Crippen LogP contribution in [-0.2, 0) is 39.2 Å². The molecule has 236 valence electrons. The maximum Gasteiger partial charge on any atom is 0.408 e. The van der Waals surface area contributed by atoms with E-state index >= 15 is 0 Å². The minimum atomic E-state index is -1.02.